The van der Waals surface area contributed by atoms with Crippen LogP contribution < -0.4 is 10.5 Å². The highest BCUT2D eigenvalue weighted by atomic mass is 79.9. The van der Waals surface area contributed by atoms with Crippen molar-refractivity contribution in [2.75, 3.05) is 7.11 Å². The lowest BCUT2D eigenvalue weighted by Crippen LogP contribution is -2.16. The molecule has 1 aliphatic carbocycles. The number of nitrogens with two attached hydrogens (primary N) is 1. The van der Waals surface area contributed by atoms with Gasteiger partial charge in [0.05, 0.1) is 17.3 Å². The van der Waals surface area contributed by atoms with E-state index < -0.39 is 0 Å². The Bertz CT molecular complexity index is 611. The van der Waals surface area contributed by atoms with Crippen molar-refractivity contribution in [1.82, 2.24) is 4.98 Å². The Hall–Kier alpha value is -0.910. The van der Waals surface area contributed by atoms with Crippen LogP contribution in [0, 0.1) is 0 Å². The van der Waals surface area contributed by atoms with E-state index in [0.29, 0.717) is 0 Å². The fourth-order valence-corrected chi connectivity index (χ4v) is 4.09. The summed E-state index contributed by atoms with van der Waals surface area (Å²) in [6.45, 7) is 0. The summed E-state index contributed by atoms with van der Waals surface area (Å²) in [5.74, 6) is 0.835. The number of fused-ring (bicyclic) bond motifs is 1. The summed E-state index contributed by atoms with van der Waals surface area (Å²) in [6.07, 6.45) is 3.32. The van der Waals surface area contributed by atoms with E-state index in [2.05, 4.69) is 22.0 Å². The predicted octanol–water partition coefficient (Wildman–Crippen LogP) is 3.92. The van der Waals surface area contributed by atoms with E-state index in [9.17, 15) is 0 Å². The molecule has 0 saturated carbocycles. The number of benzene rings is 1. The van der Waals surface area contributed by atoms with E-state index >= 15 is 0 Å². The van der Waals surface area contributed by atoms with Crippen molar-refractivity contribution in [2.24, 2.45) is 5.73 Å². The summed E-state index contributed by atoms with van der Waals surface area (Å²) in [7, 11) is 1.67. The molecular formula is C14H15BrN2OS. The topological polar surface area (TPSA) is 48.1 Å². The van der Waals surface area contributed by atoms with Crippen LogP contribution in [0.25, 0.3) is 10.6 Å². The van der Waals surface area contributed by atoms with E-state index in [1.54, 1.807) is 18.4 Å². The zero-order valence-electron chi connectivity index (χ0n) is 10.6. The van der Waals surface area contributed by atoms with Gasteiger partial charge in [0, 0.05) is 16.5 Å². The maximum atomic E-state index is 6.13. The molecule has 0 aliphatic heterocycles. The lowest BCUT2D eigenvalue weighted by Gasteiger charge is -2.15. The molecule has 0 spiro atoms. The van der Waals surface area contributed by atoms with E-state index in [-0.39, 0.29) is 6.04 Å². The maximum Gasteiger partial charge on any atom is 0.133 e. The lowest BCUT2D eigenvalue weighted by atomic mass is 9.99. The molecule has 1 aromatic carbocycles. The number of rotatable bonds is 2. The minimum absolute atomic E-state index is 0.107. The first-order chi connectivity index (χ1) is 9.19. The second-order valence-corrected chi connectivity index (χ2v) is 6.61. The Labute approximate surface area is 124 Å². The van der Waals surface area contributed by atoms with Crippen LogP contribution in [0.4, 0.5) is 0 Å². The number of halogens is 1. The Kier molecular flexibility index (Phi) is 3.60. The van der Waals surface area contributed by atoms with Gasteiger partial charge in [0.2, 0.25) is 0 Å². The monoisotopic (exact) mass is 338 g/mol. The molecule has 3 nitrogen and oxygen atoms in total. The van der Waals surface area contributed by atoms with E-state index in [1.807, 2.05) is 12.1 Å². The van der Waals surface area contributed by atoms with Crippen LogP contribution in [-0.2, 0) is 6.42 Å². The van der Waals surface area contributed by atoms with Gasteiger partial charge in [0.15, 0.2) is 0 Å². The highest BCUT2D eigenvalue weighted by Crippen LogP contribution is 2.38. The first-order valence-electron chi connectivity index (χ1n) is 6.28. The molecule has 3 rings (SSSR count). The number of aryl methyl sites for hydroxylation is 1. The number of thiazole rings is 1. The van der Waals surface area contributed by atoms with Crippen molar-refractivity contribution in [3.8, 4) is 16.3 Å². The van der Waals surface area contributed by atoms with Crippen LogP contribution in [0.1, 0.15) is 29.5 Å². The molecule has 1 aromatic heterocycles. The maximum absolute atomic E-state index is 6.13. The molecule has 1 heterocycles. The van der Waals surface area contributed by atoms with Crippen molar-refractivity contribution in [3.63, 3.8) is 0 Å². The van der Waals surface area contributed by atoms with Crippen molar-refractivity contribution in [1.29, 1.82) is 0 Å². The van der Waals surface area contributed by atoms with Crippen LogP contribution in [0.5, 0.6) is 5.75 Å². The van der Waals surface area contributed by atoms with Gasteiger partial charge in [-0.05, 0) is 53.4 Å². The molecule has 0 bridgehead atoms. The zero-order chi connectivity index (χ0) is 13.4. The minimum atomic E-state index is 0.107. The fourth-order valence-electron chi connectivity index (χ4n) is 2.37. The van der Waals surface area contributed by atoms with Crippen LogP contribution in [-0.4, -0.2) is 12.1 Å². The van der Waals surface area contributed by atoms with Crippen molar-refractivity contribution < 1.29 is 4.74 Å². The first kappa shape index (κ1) is 13.1. The Morgan fingerprint density at radius 1 is 1.47 bits per heavy atom. The number of hydrogen-bond acceptors (Lipinski definition) is 4. The van der Waals surface area contributed by atoms with Crippen LogP contribution in [0.2, 0.25) is 0 Å². The van der Waals surface area contributed by atoms with Gasteiger partial charge in [0.1, 0.15) is 10.8 Å². The van der Waals surface area contributed by atoms with Gasteiger partial charge in [-0.25, -0.2) is 4.98 Å². The molecule has 19 heavy (non-hydrogen) atoms. The van der Waals surface area contributed by atoms with E-state index in [1.165, 1.54) is 11.3 Å². The largest absolute Gasteiger partial charge is 0.496 e. The predicted molar refractivity (Wildman–Crippen MR) is 81.7 cm³/mol. The number of nitrogens with zero attached hydrogens (tertiary/aromatic N) is 1. The van der Waals surface area contributed by atoms with Crippen molar-refractivity contribution >= 4 is 27.3 Å². The normalized spacial score (nSPS) is 18.2. The minimum Gasteiger partial charge on any atom is -0.496 e. The molecule has 1 aliphatic rings. The molecular weight excluding hydrogens is 324 g/mol. The quantitative estimate of drug-likeness (QED) is 0.902. The lowest BCUT2D eigenvalue weighted by molar-refractivity contribution is 0.412. The molecule has 0 fully saturated rings. The van der Waals surface area contributed by atoms with Gasteiger partial charge in [-0.3, -0.25) is 0 Å². The molecule has 2 N–H and O–H groups in total. The molecule has 0 radical (unpaired) electrons. The SMILES string of the molecule is COc1ccc(-c2nc3c(s2)CCCC3N)cc1Br. The zero-order valence-corrected chi connectivity index (χ0v) is 13.1. The highest BCUT2D eigenvalue weighted by Gasteiger charge is 2.22. The smallest absolute Gasteiger partial charge is 0.133 e. The van der Waals surface area contributed by atoms with Gasteiger partial charge >= 0.3 is 0 Å². The third-order valence-corrected chi connectivity index (χ3v) is 5.20. The average Bonchev–Trinajstić information content (AvgIpc) is 2.84. The summed E-state index contributed by atoms with van der Waals surface area (Å²) >= 11 is 5.28. The number of aromatic nitrogens is 1. The van der Waals surface area contributed by atoms with Crippen molar-refractivity contribution in [2.45, 2.75) is 25.3 Å². The number of ether oxygens (including phenoxy) is 1. The molecule has 1 unspecified atom stereocenters. The molecule has 0 saturated heterocycles. The molecule has 100 valence electrons. The Balaban J connectivity index is 2.01. The molecule has 0 amide bonds. The van der Waals surface area contributed by atoms with Crippen molar-refractivity contribution in [3.05, 3.63) is 33.2 Å². The summed E-state index contributed by atoms with van der Waals surface area (Å²) < 4.78 is 6.20. The standard InChI is InChI=1S/C14H15BrN2OS/c1-18-11-6-5-8(7-9(11)15)14-17-13-10(16)3-2-4-12(13)19-14/h5-7,10H,2-4,16H2,1H3. The van der Waals surface area contributed by atoms with Crippen LogP contribution in [0.3, 0.4) is 0 Å². The van der Waals surface area contributed by atoms with Gasteiger partial charge in [0.25, 0.3) is 0 Å². The number of hydrogen-bond donors (Lipinski definition) is 1. The third-order valence-electron chi connectivity index (χ3n) is 3.40. The average molecular weight is 339 g/mol. The highest BCUT2D eigenvalue weighted by molar-refractivity contribution is 9.10. The first-order valence-corrected chi connectivity index (χ1v) is 7.89. The fraction of sp³-hybridized carbons (Fsp3) is 0.357. The molecule has 2 aromatic rings. The molecule has 5 heteroatoms. The summed E-state index contributed by atoms with van der Waals surface area (Å²) in [4.78, 5) is 6.08. The third kappa shape index (κ3) is 2.42. The number of methoxy groups -OCH3 is 1. The van der Waals surface area contributed by atoms with Crippen LogP contribution >= 0.6 is 27.3 Å². The Morgan fingerprint density at radius 3 is 3.00 bits per heavy atom. The van der Waals surface area contributed by atoms with Gasteiger partial charge in [-0.1, -0.05) is 0 Å². The van der Waals surface area contributed by atoms with Gasteiger partial charge in [-0.15, -0.1) is 11.3 Å². The second-order valence-electron chi connectivity index (χ2n) is 4.68. The summed E-state index contributed by atoms with van der Waals surface area (Å²) in [5.41, 5.74) is 8.33. The van der Waals surface area contributed by atoms with E-state index in [4.69, 9.17) is 15.5 Å². The van der Waals surface area contributed by atoms with Crippen LogP contribution in [0.15, 0.2) is 22.7 Å². The van der Waals surface area contributed by atoms with E-state index in [0.717, 1.165) is 39.3 Å². The van der Waals surface area contributed by atoms with Gasteiger partial charge < -0.3 is 10.5 Å². The summed E-state index contributed by atoms with van der Waals surface area (Å²) in [5, 5.41) is 1.05. The Morgan fingerprint density at radius 2 is 2.32 bits per heavy atom. The molecule has 1 atom stereocenters. The summed E-state index contributed by atoms with van der Waals surface area (Å²) in [6, 6.07) is 6.16. The van der Waals surface area contributed by atoms with Gasteiger partial charge in [-0.2, -0.15) is 0 Å². The second kappa shape index (κ2) is 5.23.